The van der Waals surface area contributed by atoms with E-state index in [1.54, 1.807) is 0 Å². The standard InChI is InChI=1S/C5H8N2O2/c1-2-4(7)9-5(8)3-6/h1,4H,3,6-7H2. The van der Waals surface area contributed by atoms with E-state index in [1.807, 2.05) is 5.92 Å². The van der Waals surface area contributed by atoms with Gasteiger partial charge in [0.1, 0.15) is 0 Å². The van der Waals surface area contributed by atoms with Gasteiger partial charge in [-0.15, -0.1) is 6.42 Å². The summed E-state index contributed by atoms with van der Waals surface area (Å²) in [6.07, 6.45) is 3.81. The van der Waals surface area contributed by atoms with E-state index >= 15 is 0 Å². The van der Waals surface area contributed by atoms with Crippen molar-refractivity contribution in [2.45, 2.75) is 6.23 Å². The molecule has 0 aliphatic carbocycles. The summed E-state index contributed by atoms with van der Waals surface area (Å²) in [6, 6.07) is 0. The van der Waals surface area contributed by atoms with Gasteiger partial charge in [0.15, 0.2) is 0 Å². The predicted octanol–water partition coefficient (Wildman–Crippen LogP) is -1.59. The normalized spacial score (nSPS) is 11.7. The van der Waals surface area contributed by atoms with E-state index in [2.05, 4.69) is 4.74 Å². The molecule has 0 aromatic heterocycles. The van der Waals surface area contributed by atoms with Gasteiger partial charge in [-0.3, -0.25) is 10.5 Å². The summed E-state index contributed by atoms with van der Waals surface area (Å²) in [5.74, 6) is 1.41. The zero-order valence-electron chi connectivity index (χ0n) is 4.83. The molecule has 0 saturated heterocycles. The molecule has 0 amide bonds. The van der Waals surface area contributed by atoms with Crippen molar-refractivity contribution in [3.8, 4) is 12.3 Å². The molecule has 50 valence electrons. The molecule has 0 rings (SSSR count). The second-order valence-electron chi connectivity index (χ2n) is 1.28. The summed E-state index contributed by atoms with van der Waals surface area (Å²) in [4.78, 5) is 10.3. The van der Waals surface area contributed by atoms with Crippen molar-refractivity contribution in [1.82, 2.24) is 0 Å². The molecule has 4 heteroatoms. The van der Waals surface area contributed by atoms with E-state index in [9.17, 15) is 4.79 Å². The molecule has 0 aliphatic heterocycles. The molecule has 0 bridgehead atoms. The van der Waals surface area contributed by atoms with Crippen LogP contribution >= 0.6 is 0 Å². The third kappa shape index (κ3) is 3.53. The quantitative estimate of drug-likeness (QED) is 0.267. The first-order valence-electron chi connectivity index (χ1n) is 2.32. The lowest BCUT2D eigenvalue weighted by Gasteiger charge is -2.03. The van der Waals surface area contributed by atoms with Gasteiger partial charge in [-0.1, -0.05) is 0 Å². The Kier molecular flexibility index (Phi) is 3.44. The van der Waals surface area contributed by atoms with E-state index in [1.165, 1.54) is 0 Å². The van der Waals surface area contributed by atoms with E-state index in [0.717, 1.165) is 0 Å². The number of nitrogens with two attached hydrogens (primary N) is 2. The smallest absolute Gasteiger partial charge is 0.321 e. The van der Waals surface area contributed by atoms with Crippen molar-refractivity contribution in [1.29, 1.82) is 0 Å². The van der Waals surface area contributed by atoms with Gasteiger partial charge in [-0.05, 0) is 5.92 Å². The molecule has 0 aliphatic rings. The Balaban J connectivity index is 3.50. The number of hydrogen-bond acceptors (Lipinski definition) is 4. The van der Waals surface area contributed by atoms with Gasteiger partial charge in [0.05, 0.1) is 6.54 Å². The average Bonchev–Trinajstić information content (AvgIpc) is 1.87. The summed E-state index contributed by atoms with van der Waals surface area (Å²) < 4.78 is 4.33. The molecule has 0 fully saturated rings. The Hall–Kier alpha value is -1.05. The predicted molar refractivity (Wildman–Crippen MR) is 32.0 cm³/mol. The molecule has 0 aromatic rings. The Morgan fingerprint density at radius 1 is 1.89 bits per heavy atom. The van der Waals surface area contributed by atoms with Gasteiger partial charge in [0, 0.05) is 0 Å². The van der Waals surface area contributed by atoms with Crippen molar-refractivity contribution in [3.63, 3.8) is 0 Å². The molecule has 1 atom stereocenters. The third-order valence-corrected chi connectivity index (χ3v) is 0.589. The Morgan fingerprint density at radius 3 is 2.78 bits per heavy atom. The number of carbonyl (C=O) groups excluding carboxylic acids is 1. The molecule has 0 radical (unpaired) electrons. The zero-order chi connectivity index (χ0) is 7.28. The Bertz CT molecular complexity index is 138. The van der Waals surface area contributed by atoms with Crippen LogP contribution in [0.25, 0.3) is 0 Å². The number of esters is 1. The first-order chi connectivity index (χ1) is 4.20. The molecule has 0 spiro atoms. The van der Waals surface area contributed by atoms with Gasteiger partial charge in [0.2, 0.25) is 6.23 Å². The SMILES string of the molecule is C#CC(N)OC(=O)CN. The van der Waals surface area contributed by atoms with Crippen LogP contribution in [0.3, 0.4) is 0 Å². The molecule has 1 unspecified atom stereocenters. The highest BCUT2D eigenvalue weighted by Crippen LogP contribution is 1.78. The van der Waals surface area contributed by atoms with E-state index < -0.39 is 12.2 Å². The second-order valence-corrected chi connectivity index (χ2v) is 1.28. The monoisotopic (exact) mass is 128 g/mol. The van der Waals surface area contributed by atoms with E-state index in [0.29, 0.717) is 0 Å². The van der Waals surface area contributed by atoms with Crippen molar-refractivity contribution in [2.75, 3.05) is 6.54 Å². The topological polar surface area (TPSA) is 78.3 Å². The van der Waals surface area contributed by atoms with Crippen LogP contribution in [0.1, 0.15) is 0 Å². The fourth-order valence-electron chi connectivity index (χ4n) is 0.224. The van der Waals surface area contributed by atoms with Gasteiger partial charge in [-0.2, -0.15) is 0 Å². The zero-order valence-corrected chi connectivity index (χ0v) is 4.83. The van der Waals surface area contributed by atoms with E-state index in [4.69, 9.17) is 17.9 Å². The molecule has 0 saturated carbocycles. The van der Waals surface area contributed by atoms with Crippen LogP contribution in [0.5, 0.6) is 0 Å². The molecule has 0 aromatic carbocycles. The van der Waals surface area contributed by atoms with Gasteiger partial charge in [0.25, 0.3) is 0 Å². The van der Waals surface area contributed by atoms with Crippen LogP contribution in [-0.2, 0) is 9.53 Å². The summed E-state index contributed by atoms with van der Waals surface area (Å²) in [5.41, 5.74) is 9.89. The third-order valence-electron chi connectivity index (χ3n) is 0.589. The van der Waals surface area contributed by atoms with E-state index in [-0.39, 0.29) is 6.54 Å². The summed E-state index contributed by atoms with van der Waals surface area (Å²) in [7, 11) is 0. The molecule has 4 nitrogen and oxygen atoms in total. The van der Waals surface area contributed by atoms with Gasteiger partial charge in [-0.25, -0.2) is 0 Å². The van der Waals surface area contributed by atoms with Gasteiger partial charge < -0.3 is 10.5 Å². The maximum atomic E-state index is 10.3. The minimum Gasteiger partial charge on any atom is -0.434 e. The van der Waals surface area contributed by atoms with Crippen LogP contribution in [0.4, 0.5) is 0 Å². The minimum atomic E-state index is -0.971. The maximum absolute atomic E-state index is 10.3. The molecular formula is C5H8N2O2. The summed E-state index contributed by atoms with van der Waals surface area (Å²) >= 11 is 0. The highest BCUT2D eigenvalue weighted by Gasteiger charge is 2.02. The number of ether oxygens (including phenoxy) is 1. The molecule has 4 N–H and O–H groups in total. The number of hydrogen-bond donors (Lipinski definition) is 2. The first kappa shape index (κ1) is 7.95. The van der Waals surface area contributed by atoms with Crippen molar-refractivity contribution in [3.05, 3.63) is 0 Å². The minimum absolute atomic E-state index is 0.199. The second kappa shape index (κ2) is 3.89. The highest BCUT2D eigenvalue weighted by atomic mass is 16.6. The van der Waals surface area contributed by atoms with Crippen molar-refractivity contribution < 1.29 is 9.53 Å². The number of terminal acetylenes is 1. The van der Waals surface area contributed by atoms with Crippen LogP contribution in [0.2, 0.25) is 0 Å². The first-order valence-corrected chi connectivity index (χ1v) is 2.32. The Morgan fingerprint density at radius 2 is 2.44 bits per heavy atom. The fourth-order valence-corrected chi connectivity index (χ4v) is 0.224. The maximum Gasteiger partial charge on any atom is 0.321 e. The largest absolute Gasteiger partial charge is 0.434 e. The van der Waals surface area contributed by atoms with Gasteiger partial charge >= 0.3 is 5.97 Å². The Labute approximate surface area is 53.2 Å². The lowest BCUT2D eigenvalue weighted by Crippen LogP contribution is -2.28. The lowest BCUT2D eigenvalue weighted by molar-refractivity contribution is -0.144. The molecule has 9 heavy (non-hydrogen) atoms. The molecule has 0 heterocycles. The number of rotatable bonds is 2. The summed E-state index contributed by atoms with van der Waals surface area (Å²) in [5, 5.41) is 0. The van der Waals surface area contributed by atoms with Crippen LogP contribution in [0, 0.1) is 12.3 Å². The van der Waals surface area contributed by atoms with Crippen LogP contribution in [0.15, 0.2) is 0 Å². The molecular weight excluding hydrogens is 120 g/mol. The number of carbonyl (C=O) groups is 1. The average molecular weight is 128 g/mol. The van der Waals surface area contributed by atoms with Crippen LogP contribution in [-0.4, -0.2) is 18.7 Å². The highest BCUT2D eigenvalue weighted by molar-refractivity contribution is 5.71. The lowest BCUT2D eigenvalue weighted by atomic mass is 10.6. The van der Waals surface area contributed by atoms with Crippen molar-refractivity contribution in [2.24, 2.45) is 11.5 Å². The fraction of sp³-hybridized carbons (Fsp3) is 0.400. The summed E-state index contributed by atoms with van der Waals surface area (Å²) in [6.45, 7) is -0.199. The van der Waals surface area contributed by atoms with Crippen LogP contribution < -0.4 is 11.5 Å². The van der Waals surface area contributed by atoms with Crippen molar-refractivity contribution >= 4 is 5.97 Å².